The zero-order chi connectivity index (χ0) is 16.8. The third-order valence-corrected chi connectivity index (χ3v) is 3.60. The largest absolute Gasteiger partial charge is 0.493 e. The molecule has 1 atom stereocenters. The Bertz CT molecular complexity index is 663. The summed E-state index contributed by atoms with van der Waals surface area (Å²) in [4.78, 5) is 12.2. The normalized spacial score (nSPS) is 11.8. The van der Waals surface area contributed by atoms with E-state index in [9.17, 15) is 4.79 Å². The number of furan rings is 1. The SMILES string of the molecule is CCCOc1ccc(C(C)NC(=O)c2ccoc2C)cc1OC. The lowest BCUT2D eigenvalue weighted by Crippen LogP contribution is -2.26. The second kappa shape index (κ2) is 7.72. The van der Waals surface area contributed by atoms with Gasteiger partial charge in [-0.3, -0.25) is 4.79 Å². The van der Waals surface area contributed by atoms with Gasteiger partial charge in [-0.2, -0.15) is 0 Å². The lowest BCUT2D eigenvalue weighted by molar-refractivity contribution is 0.0938. The fourth-order valence-corrected chi connectivity index (χ4v) is 2.26. The molecule has 1 amide bonds. The number of hydrogen-bond acceptors (Lipinski definition) is 4. The van der Waals surface area contributed by atoms with E-state index in [1.807, 2.05) is 25.1 Å². The first kappa shape index (κ1) is 16.9. The lowest BCUT2D eigenvalue weighted by atomic mass is 10.1. The van der Waals surface area contributed by atoms with Gasteiger partial charge in [-0.25, -0.2) is 0 Å². The Morgan fingerprint density at radius 3 is 2.70 bits per heavy atom. The third-order valence-electron chi connectivity index (χ3n) is 3.60. The predicted octanol–water partition coefficient (Wildman–Crippen LogP) is 3.88. The number of methoxy groups -OCH3 is 1. The summed E-state index contributed by atoms with van der Waals surface area (Å²) < 4.78 is 16.2. The third kappa shape index (κ3) is 4.06. The smallest absolute Gasteiger partial charge is 0.255 e. The number of carbonyl (C=O) groups excluding carboxylic acids is 1. The van der Waals surface area contributed by atoms with E-state index >= 15 is 0 Å². The monoisotopic (exact) mass is 317 g/mol. The van der Waals surface area contributed by atoms with Gasteiger partial charge in [0, 0.05) is 0 Å². The van der Waals surface area contributed by atoms with Crippen molar-refractivity contribution in [2.24, 2.45) is 0 Å². The fourth-order valence-electron chi connectivity index (χ4n) is 2.26. The van der Waals surface area contributed by atoms with Crippen LogP contribution in [0.3, 0.4) is 0 Å². The molecule has 5 nitrogen and oxygen atoms in total. The van der Waals surface area contributed by atoms with Crippen LogP contribution < -0.4 is 14.8 Å². The highest BCUT2D eigenvalue weighted by molar-refractivity contribution is 5.95. The van der Waals surface area contributed by atoms with Crippen LogP contribution in [0.15, 0.2) is 34.9 Å². The van der Waals surface area contributed by atoms with Crippen LogP contribution in [0, 0.1) is 6.92 Å². The molecule has 0 aliphatic heterocycles. The van der Waals surface area contributed by atoms with Crippen LogP contribution in [-0.2, 0) is 0 Å². The Kier molecular flexibility index (Phi) is 5.68. The molecule has 0 saturated heterocycles. The van der Waals surface area contributed by atoms with E-state index in [0.29, 0.717) is 29.4 Å². The average molecular weight is 317 g/mol. The van der Waals surface area contributed by atoms with E-state index in [-0.39, 0.29) is 11.9 Å². The first-order valence-corrected chi connectivity index (χ1v) is 7.72. The second-order valence-corrected chi connectivity index (χ2v) is 5.34. The maximum atomic E-state index is 12.2. The summed E-state index contributed by atoms with van der Waals surface area (Å²) in [6.07, 6.45) is 2.44. The van der Waals surface area contributed by atoms with Gasteiger partial charge >= 0.3 is 0 Å². The number of aryl methyl sites for hydroxylation is 1. The van der Waals surface area contributed by atoms with Gasteiger partial charge in [0.05, 0.1) is 31.6 Å². The number of ether oxygens (including phenoxy) is 2. The van der Waals surface area contributed by atoms with Crippen LogP contribution >= 0.6 is 0 Å². The Labute approximate surface area is 136 Å². The highest BCUT2D eigenvalue weighted by Crippen LogP contribution is 2.30. The zero-order valence-corrected chi connectivity index (χ0v) is 14.0. The van der Waals surface area contributed by atoms with Crippen molar-refractivity contribution in [3.63, 3.8) is 0 Å². The molecule has 1 unspecified atom stereocenters. The summed E-state index contributed by atoms with van der Waals surface area (Å²) in [6.45, 7) is 6.38. The second-order valence-electron chi connectivity index (χ2n) is 5.34. The molecule has 0 spiro atoms. The van der Waals surface area contributed by atoms with E-state index in [2.05, 4.69) is 12.2 Å². The minimum atomic E-state index is -0.161. The van der Waals surface area contributed by atoms with Crippen molar-refractivity contribution in [3.05, 3.63) is 47.4 Å². The van der Waals surface area contributed by atoms with Crippen molar-refractivity contribution in [2.75, 3.05) is 13.7 Å². The molecule has 23 heavy (non-hydrogen) atoms. The Morgan fingerprint density at radius 1 is 1.30 bits per heavy atom. The molecule has 2 aromatic rings. The van der Waals surface area contributed by atoms with Gasteiger partial charge < -0.3 is 19.2 Å². The molecule has 0 saturated carbocycles. The lowest BCUT2D eigenvalue weighted by Gasteiger charge is -2.17. The maximum absolute atomic E-state index is 12.2. The molecule has 2 rings (SSSR count). The Morgan fingerprint density at radius 2 is 2.09 bits per heavy atom. The van der Waals surface area contributed by atoms with Crippen molar-refractivity contribution in [3.8, 4) is 11.5 Å². The minimum Gasteiger partial charge on any atom is -0.493 e. The van der Waals surface area contributed by atoms with E-state index < -0.39 is 0 Å². The Hall–Kier alpha value is -2.43. The summed E-state index contributed by atoms with van der Waals surface area (Å²) in [5.74, 6) is 1.82. The number of rotatable bonds is 7. The number of benzene rings is 1. The van der Waals surface area contributed by atoms with Crippen molar-refractivity contribution in [1.82, 2.24) is 5.32 Å². The highest BCUT2D eigenvalue weighted by atomic mass is 16.5. The van der Waals surface area contributed by atoms with Gasteiger partial charge in [0.1, 0.15) is 5.76 Å². The number of hydrogen-bond donors (Lipinski definition) is 1. The van der Waals surface area contributed by atoms with Crippen molar-refractivity contribution >= 4 is 5.91 Å². The van der Waals surface area contributed by atoms with Crippen LogP contribution in [-0.4, -0.2) is 19.6 Å². The highest BCUT2D eigenvalue weighted by Gasteiger charge is 2.16. The molecule has 0 aliphatic rings. The molecule has 1 N–H and O–H groups in total. The molecule has 1 aromatic heterocycles. The molecule has 0 fully saturated rings. The van der Waals surface area contributed by atoms with Gasteiger partial charge in [0.15, 0.2) is 11.5 Å². The van der Waals surface area contributed by atoms with E-state index in [1.165, 1.54) is 6.26 Å². The molecular formula is C18H23NO4. The summed E-state index contributed by atoms with van der Waals surface area (Å²) in [7, 11) is 1.61. The van der Waals surface area contributed by atoms with Gasteiger partial charge in [-0.1, -0.05) is 13.0 Å². The predicted molar refractivity (Wildman–Crippen MR) is 88.1 cm³/mol. The summed E-state index contributed by atoms with van der Waals surface area (Å²) in [6, 6.07) is 7.19. The van der Waals surface area contributed by atoms with Crippen LogP contribution in [0.1, 0.15) is 48.0 Å². The van der Waals surface area contributed by atoms with Gasteiger partial charge in [-0.05, 0) is 44.0 Å². The molecule has 0 aliphatic carbocycles. The number of nitrogens with one attached hydrogen (secondary N) is 1. The van der Waals surface area contributed by atoms with Crippen LogP contribution in [0.2, 0.25) is 0 Å². The molecule has 1 aromatic carbocycles. The summed E-state index contributed by atoms with van der Waals surface area (Å²) in [5.41, 5.74) is 1.49. The molecule has 0 bridgehead atoms. The average Bonchev–Trinajstić information content (AvgIpc) is 2.98. The number of carbonyl (C=O) groups is 1. The molecule has 0 radical (unpaired) electrons. The first-order valence-electron chi connectivity index (χ1n) is 7.72. The maximum Gasteiger partial charge on any atom is 0.255 e. The van der Waals surface area contributed by atoms with E-state index in [4.69, 9.17) is 13.9 Å². The van der Waals surface area contributed by atoms with Gasteiger partial charge in [0.25, 0.3) is 5.91 Å². The Balaban J connectivity index is 2.11. The van der Waals surface area contributed by atoms with Crippen LogP contribution in [0.25, 0.3) is 0 Å². The van der Waals surface area contributed by atoms with Gasteiger partial charge in [-0.15, -0.1) is 0 Å². The van der Waals surface area contributed by atoms with E-state index in [0.717, 1.165) is 12.0 Å². The minimum absolute atomic E-state index is 0.158. The van der Waals surface area contributed by atoms with Crippen molar-refractivity contribution in [1.29, 1.82) is 0 Å². The quantitative estimate of drug-likeness (QED) is 0.842. The molecular weight excluding hydrogens is 294 g/mol. The number of amides is 1. The summed E-state index contributed by atoms with van der Waals surface area (Å²) >= 11 is 0. The van der Waals surface area contributed by atoms with Crippen LogP contribution in [0.4, 0.5) is 0 Å². The fraction of sp³-hybridized carbons (Fsp3) is 0.389. The molecule has 1 heterocycles. The molecule has 5 heteroatoms. The standard InChI is InChI=1S/C18H23NO4/c1-5-9-23-16-7-6-14(11-17(16)21-4)12(2)19-18(20)15-8-10-22-13(15)3/h6-8,10-12H,5,9H2,1-4H3,(H,19,20). The van der Waals surface area contributed by atoms with Crippen molar-refractivity contribution in [2.45, 2.75) is 33.2 Å². The molecule has 124 valence electrons. The van der Waals surface area contributed by atoms with Gasteiger partial charge in [0.2, 0.25) is 0 Å². The zero-order valence-electron chi connectivity index (χ0n) is 14.0. The summed E-state index contributed by atoms with van der Waals surface area (Å²) in [5, 5.41) is 2.96. The van der Waals surface area contributed by atoms with Crippen molar-refractivity contribution < 1.29 is 18.7 Å². The first-order chi connectivity index (χ1) is 11.1. The van der Waals surface area contributed by atoms with Crippen LogP contribution in [0.5, 0.6) is 11.5 Å². The van der Waals surface area contributed by atoms with E-state index in [1.54, 1.807) is 20.1 Å². The topological polar surface area (TPSA) is 60.7 Å².